The van der Waals surface area contributed by atoms with Gasteiger partial charge in [0.05, 0.1) is 0 Å². The lowest BCUT2D eigenvalue weighted by Crippen LogP contribution is -2.00. The zero-order valence-electron chi connectivity index (χ0n) is 8.32. The maximum absolute atomic E-state index is 10.7. The fraction of sp³-hybridized carbons (Fsp3) is 0.364. The van der Waals surface area contributed by atoms with Crippen LogP contribution < -0.4 is 0 Å². The van der Waals surface area contributed by atoms with E-state index in [1.807, 2.05) is 0 Å². The van der Waals surface area contributed by atoms with Gasteiger partial charge in [0.25, 0.3) is 0 Å². The van der Waals surface area contributed by atoms with Gasteiger partial charge in [-0.25, -0.2) is 4.79 Å². The fourth-order valence-electron chi connectivity index (χ4n) is 1.35. The van der Waals surface area contributed by atoms with Crippen molar-refractivity contribution in [1.29, 1.82) is 0 Å². The van der Waals surface area contributed by atoms with E-state index >= 15 is 0 Å². The largest absolute Gasteiger partial charge is 0.507 e. The van der Waals surface area contributed by atoms with Crippen LogP contribution in [0.15, 0.2) is 18.2 Å². The highest BCUT2D eigenvalue weighted by Crippen LogP contribution is 2.20. The van der Waals surface area contributed by atoms with Crippen molar-refractivity contribution in [3.8, 4) is 5.75 Å². The Labute approximate surface area is 83.0 Å². The molecule has 0 amide bonds. The molecule has 3 nitrogen and oxygen atoms in total. The van der Waals surface area contributed by atoms with Gasteiger partial charge in [-0.1, -0.05) is 19.9 Å². The Balaban J connectivity index is 3.00. The van der Waals surface area contributed by atoms with Crippen molar-refractivity contribution in [2.45, 2.75) is 20.3 Å². The highest BCUT2D eigenvalue weighted by Gasteiger charge is 2.10. The van der Waals surface area contributed by atoms with Crippen molar-refractivity contribution in [1.82, 2.24) is 0 Å². The smallest absolute Gasteiger partial charge is 0.339 e. The lowest BCUT2D eigenvalue weighted by Gasteiger charge is -2.06. The van der Waals surface area contributed by atoms with Crippen LogP contribution in [0.2, 0.25) is 0 Å². The first kappa shape index (κ1) is 10.6. The standard InChI is InChI=1S/C11H14O3/c1-7(2)5-8-3-4-10(12)9(6-8)11(13)14/h3-4,6-7,12H,5H2,1-2H3,(H,13,14). The fourth-order valence-corrected chi connectivity index (χ4v) is 1.35. The number of aromatic hydroxyl groups is 1. The second kappa shape index (κ2) is 4.13. The first-order chi connectivity index (χ1) is 6.50. The van der Waals surface area contributed by atoms with Gasteiger partial charge in [-0.2, -0.15) is 0 Å². The van der Waals surface area contributed by atoms with Gasteiger partial charge in [0.1, 0.15) is 11.3 Å². The number of benzene rings is 1. The van der Waals surface area contributed by atoms with Crippen molar-refractivity contribution in [2.24, 2.45) is 5.92 Å². The molecule has 1 aromatic rings. The highest BCUT2D eigenvalue weighted by molar-refractivity contribution is 5.90. The monoisotopic (exact) mass is 194 g/mol. The first-order valence-electron chi connectivity index (χ1n) is 4.56. The van der Waals surface area contributed by atoms with Crippen molar-refractivity contribution < 1.29 is 15.0 Å². The SMILES string of the molecule is CC(C)Cc1ccc(O)c(C(=O)O)c1. The second-order valence-electron chi connectivity index (χ2n) is 3.75. The molecule has 0 aliphatic carbocycles. The molecule has 0 heterocycles. The van der Waals surface area contributed by atoms with Crippen molar-refractivity contribution in [3.05, 3.63) is 29.3 Å². The predicted octanol–water partition coefficient (Wildman–Crippen LogP) is 2.29. The average Bonchev–Trinajstić information content (AvgIpc) is 2.07. The third kappa shape index (κ3) is 2.49. The van der Waals surface area contributed by atoms with E-state index in [0.29, 0.717) is 5.92 Å². The number of rotatable bonds is 3. The molecule has 1 rings (SSSR count). The summed E-state index contributed by atoms with van der Waals surface area (Å²) >= 11 is 0. The minimum atomic E-state index is -1.09. The van der Waals surface area contributed by atoms with E-state index in [4.69, 9.17) is 5.11 Å². The Hall–Kier alpha value is -1.51. The lowest BCUT2D eigenvalue weighted by atomic mass is 10.0. The summed E-state index contributed by atoms with van der Waals surface area (Å²) in [5, 5.41) is 18.0. The minimum absolute atomic E-state index is 0.0249. The van der Waals surface area contributed by atoms with Crippen molar-refractivity contribution in [3.63, 3.8) is 0 Å². The van der Waals surface area contributed by atoms with E-state index in [2.05, 4.69) is 13.8 Å². The molecule has 0 atom stereocenters. The summed E-state index contributed by atoms with van der Waals surface area (Å²) in [5.41, 5.74) is 0.915. The topological polar surface area (TPSA) is 57.5 Å². The van der Waals surface area contributed by atoms with Crippen LogP contribution in [-0.2, 0) is 6.42 Å². The van der Waals surface area contributed by atoms with Gasteiger partial charge in [0, 0.05) is 0 Å². The molecule has 0 aliphatic rings. The van der Waals surface area contributed by atoms with Crippen LogP contribution in [-0.4, -0.2) is 16.2 Å². The Bertz CT molecular complexity index is 342. The van der Waals surface area contributed by atoms with E-state index in [0.717, 1.165) is 12.0 Å². The molecule has 0 radical (unpaired) electrons. The maximum atomic E-state index is 10.7. The van der Waals surface area contributed by atoms with E-state index in [1.54, 1.807) is 6.07 Å². The molecule has 0 fully saturated rings. The quantitative estimate of drug-likeness (QED) is 0.776. The molecule has 1 aromatic carbocycles. The van der Waals surface area contributed by atoms with Crippen LogP contribution in [0.5, 0.6) is 5.75 Å². The summed E-state index contributed by atoms with van der Waals surface area (Å²) in [4.78, 5) is 10.7. The molecular weight excluding hydrogens is 180 g/mol. The molecule has 0 saturated carbocycles. The Morgan fingerprint density at radius 1 is 1.43 bits per heavy atom. The lowest BCUT2D eigenvalue weighted by molar-refractivity contribution is 0.0693. The molecule has 0 bridgehead atoms. The Morgan fingerprint density at radius 3 is 2.57 bits per heavy atom. The molecule has 14 heavy (non-hydrogen) atoms. The summed E-state index contributed by atoms with van der Waals surface area (Å²) in [5.74, 6) is -0.792. The molecule has 0 unspecified atom stereocenters. The molecule has 3 heteroatoms. The van der Waals surface area contributed by atoms with Gasteiger partial charge in [0.15, 0.2) is 0 Å². The number of phenols is 1. The zero-order chi connectivity index (χ0) is 10.7. The van der Waals surface area contributed by atoms with Crippen LogP contribution >= 0.6 is 0 Å². The van der Waals surface area contributed by atoms with E-state index in [-0.39, 0.29) is 11.3 Å². The third-order valence-corrected chi connectivity index (χ3v) is 1.94. The number of hydrogen-bond acceptors (Lipinski definition) is 2. The maximum Gasteiger partial charge on any atom is 0.339 e. The first-order valence-corrected chi connectivity index (χ1v) is 4.56. The second-order valence-corrected chi connectivity index (χ2v) is 3.75. The molecule has 0 spiro atoms. The highest BCUT2D eigenvalue weighted by atomic mass is 16.4. The number of carbonyl (C=O) groups is 1. The molecular formula is C11H14O3. The average molecular weight is 194 g/mol. The molecule has 76 valence electrons. The van der Waals surface area contributed by atoms with Gasteiger partial charge in [-0.05, 0) is 30.0 Å². The Kier molecular flexibility index (Phi) is 3.12. The van der Waals surface area contributed by atoms with Crippen LogP contribution in [0, 0.1) is 5.92 Å². The number of carboxylic acids is 1. The zero-order valence-corrected chi connectivity index (χ0v) is 8.32. The van der Waals surface area contributed by atoms with Crippen molar-refractivity contribution >= 4 is 5.97 Å². The van der Waals surface area contributed by atoms with Gasteiger partial charge in [-0.15, -0.1) is 0 Å². The normalized spacial score (nSPS) is 10.5. The number of aromatic carboxylic acids is 1. The molecule has 0 saturated heterocycles. The van der Waals surface area contributed by atoms with Gasteiger partial charge < -0.3 is 10.2 Å². The third-order valence-electron chi connectivity index (χ3n) is 1.94. The van der Waals surface area contributed by atoms with E-state index in [1.165, 1.54) is 12.1 Å². The summed E-state index contributed by atoms with van der Waals surface area (Å²) in [6.45, 7) is 4.13. The van der Waals surface area contributed by atoms with Crippen LogP contribution in [0.4, 0.5) is 0 Å². The van der Waals surface area contributed by atoms with Gasteiger partial charge in [-0.3, -0.25) is 0 Å². The number of carboxylic acid groups (broad SMARTS) is 1. The van der Waals surface area contributed by atoms with Gasteiger partial charge >= 0.3 is 5.97 Å². The van der Waals surface area contributed by atoms with E-state index in [9.17, 15) is 9.90 Å². The summed E-state index contributed by atoms with van der Waals surface area (Å²) in [7, 11) is 0. The summed E-state index contributed by atoms with van der Waals surface area (Å²) in [6, 6.07) is 4.71. The van der Waals surface area contributed by atoms with Crippen LogP contribution in [0.25, 0.3) is 0 Å². The van der Waals surface area contributed by atoms with Crippen LogP contribution in [0.1, 0.15) is 29.8 Å². The van der Waals surface area contributed by atoms with Gasteiger partial charge in [0.2, 0.25) is 0 Å². The summed E-state index contributed by atoms with van der Waals surface area (Å²) in [6.07, 6.45) is 0.820. The van der Waals surface area contributed by atoms with Crippen LogP contribution in [0.3, 0.4) is 0 Å². The molecule has 0 aliphatic heterocycles. The summed E-state index contributed by atoms with van der Waals surface area (Å²) < 4.78 is 0. The van der Waals surface area contributed by atoms with E-state index < -0.39 is 5.97 Å². The molecule has 2 N–H and O–H groups in total. The molecule has 0 aromatic heterocycles. The van der Waals surface area contributed by atoms with Crippen molar-refractivity contribution in [2.75, 3.05) is 0 Å². The predicted molar refractivity (Wildman–Crippen MR) is 53.6 cm³/mol. The Morgan fingerprint density at radius 2 is 2.07 bits per heavy atom. The minimum Gasteiger partial charge on any atom is -0.507 e. The number of hydrogen-bond donors (Lipinski definition) is 2.